The van der Waals surface area contributed by atoms with Crippen molar-refractivity contribution in [2.45, 2.75) is 6.04 Å². The summed E-state index contributed by atoms with van der Waals surface area (Å²) < 4.78 is 11.1. The minimum absolute atomic E-state index is 0.428. The van der Waals surface area contributed by atoms with Gasteiger partial charge in [-0.1, -0.05) is 40.9 Å². The summed E-state index contributed by atoms with van der Waals surface area (Å²) in [5.74, 6) is 1.28. The lowest BCUT2D eigenvalue weighted by molar-refractivity contribution is 0.171. The number of rotatable bonds is 2. The Labute approximate surface area is 137 Å². The third kappa shape index (κ3) is 2.92. The van der Waals surface area contributed by atoms with Crippen molar-refractivity contribution < 1.29 is 9.47 Å². The van der Waals surface area contributed by atoms with Crippen molar-refractivity contribution in [1.82, 2.24) is 0 Å². The fourth-order valence-electron chi connectivity index (χ4n) is 2.20. The van der Waals surface area contributed by atoms with Gasteiger partial charge in [0, 0.05) is 11.1 Å². The smallest absolute Gasteiger partial charge is 0.162 e. The molecule has 1 aliphatic heterocycles. The molecule has 0 aromatic heterocycles. The minimum atomic E-state index is -0.428. The number of ether oxygens (including phenoxy) is 2. The van der Waals surface area contributed by atoms with Gasteiger partial charge in [-0.3, -0.25) is 0 Å². The van der Waals surface area contributed by atoms with Crippen LogP contribution in [0.1, 0.15) is 17.2 Å². The highest BCUT2D eigenvalue weighted by atomic mass is 35.5. The molecule has 2 N–H and O–H groups in total. The third-order valence-corrected chi connectivity index (χ3v) is 4.37. The highest BCUT2D eigenvalue weighted by Gasteiger charge is 2.20. The summed E-state index contributed by atoms with van der Waals surface area (Å²) in [5, 5.41) is 1.47. The van der Waals surface area contributed by atoms with Crippen LogP contribution in [0.3, 0.4) is 0 Å². The molecule has 1 unspecified atom stereocenters. The predicted molar refractivity (Wildman–Crippen MR) is 84.9 cm³/mol. The Hall–Kier alpha value is -1.13. The van der Waals surface area contributed by atoms with Gasteiger partial charge < -0.3 is 15.2 Å². The van der Waals surface area contributed by atoms with Crippen LogP contribution < -0.4 is 15.2 Å². The van der Waals surface area contributed by atoms with E-state index in [2.05, 4.69) is 0 Å². The van der Waals surface area contributed by atoms with Gasteiger partial charge in [-0.25, -0.2) is 0 Å². The Bertz CT molecular complexity index is 691. The first-order valence-corrected chi connectivity index (χ1v) is 7.49. The Morgan fingerprint density at radius 3 is 2.19 bits per heavy atom. The third-order valence-electron chi connectivity index (χ3n) is 3.30. The summed E-state index contributed by atoms with van der Waals surface area (Å²) in [6, 6.07) is 8.38. The zero-order valence-electron chi connectivity index (χ0n) is 10.9. The molecule has 0 radical (unpaired) electrons. The second kappa shape index (κ2) is 5.93. The van der Waals surface area contributed by atoms with E-state index in [1.165, 1.54) is 0 Å². The number of hydrogen-bond donors (Lipinski definition) is 1. The molecule has 3 rings (SSSR count). The molecule has 0 aliphatic carbocycles. The topological polar surface area (TPSA) is 44.5 Å². The molecule has 1 atom stereocenters. The fraction of sp³-hybridized carbons (Fsp3) is 0.200. The molecule has 0 fully saturated rings. The number of fused-ring (bicyclic) bond motifs is 1. The highest BCUT2D eigenvalue weighted by Crippen LogP contribution is 2.39. The van der Waals surface area contributed by atoms with Crippen LogP contribution in [0.15, 0.2) is 30.3 Å². The van der Waals surface area contributed by atoms with E-state index in [1.807, 2.05) is 12.1 Å². The molecule has 2 aromatic rings. The molecule has 3 nitrogen and oxygen atoms in total. The maximum atomic E-state index is 6.30. The van der Waals surface area contributed by atoms with E-state index in [1.54, 1.807) is 18.2 Å². The lowest BCUT2D eigenvalue weighted by Gasteiger charge is -2.22. The van der Waals surface area contributed by atoms with Gasteiger partial charge in [-0.15, -0.1) is 0 Å². The van der Waals surface area contributed by atoms with Gasteiger partial charge in [-0.05, 0) is 29.3 Å². The van der Waals surface area contributed by atoms with Gasteiger partial charge in [0.25, 0.3) is 0 Å². The van der Waals surface area contributed by atoms with E-state index in [-0.39, 0.29) is 0 Å². The van der Waals surface area contributed by atoms with Crippen LogP contribution in [0.25, 0.3) is 0 Å². The molecule has 2 aromatic carbocycles. The molecule has 1 heterocycles. The maximum absolute atomic E-state index is 6.30. The standard InChI is InChI=1S/C15H12Cl3NO2/c16-10-2-1-8(5-12(10)18)15(19)9-6-13-14(7-11(9)17)21-4-3-20-13/h1-2,5-7,15H,3-4,19H2. The van der Waals surface area contributed by atoms with Gasteiger partial charge in [0.1, 0.15) is 13.2 Å². The van der Waals surface area contributed by atoms with E-state index in [0.717, 1.165) is 11.1 Å². The average molecular weight is 345 g/mol. The molecule has 21 heavy (non-hydrogen) atoms. The van der Waals surface area contributed by atoms with Gasteiger partial charge in [-0.2, -0.15) is 0 Å². The predicted octanol–water partition coefficient (Wildman–Crippen LogP) is 4.47. The first kappa shape index (κ1) is 14.8. The van der Waals surface area contributed by atoms with Crippen LogP contribution in [0, 0.1) is 0 Å². The molecule has 0 saturated carbocycles. The Morgan fingerprint density at radius 2 is 1.52 bits per heavy atom. The summed E-state index contributed by atoms with van der Waals surface area (Å²) in [4.78, 5) is 0. The van der Waals surface area contributed by atoms with E-state index in [0.29, 0.717) is 39.8 Å². The Kier molecular flexibility index (Phi) is 4.18. The molecule has 110 valence electrons. The van der Waals surface area contributed by atoms with Crippen molar-refractivity contribution >= 4 is 34.8 Å². The van der Waals surface area contributed by atoms with Crippen molar-refractivity contribution in [3.8, 4) is 11.5 Å². The van der Waals surface area contributed by atoms with Crippen LogP contribution in [-0.4, -0.2) is 13.2 Å². The summed E-state index contributed by atoms with van der Waals surface area (Å²) in [5.41, 5.74) is 7.86. The first-order valence-electron chi connectivity index (χ1n) is 6.36. The van der Waals surface area contributed by atoms with Crippen LogP contribution in [0.5, 0.6) is 11.5 Å². The molecular weight excluding hydrogens is 333 g/mol. The van der Waals surface area contributed by atoms with Gasteiger partial charge in [0.05, 0.1) is 16.1 Å². The molecule has 1 aliphatic rings. The molecule has 0 saturated heterocycles. The number of halogens is 3. The summed E-state index contributed by atoms with van der Waals surface area (Å²) >= 11 is 18.3. The maximum Gasteiger partial charge on any atom is 0.162 e. The lowest BCUT2D eigenvalue weighted by Crippen LogP contribution is -2.17. The number of benzene rings is 2. The second-order valence-electron chi connectivity index (χ2n) is 4.67. The fourth-order valence-corrected chi connectivity index (χ4v) is 2.78. The molecule has 6 heteroatoms. The van der Waals surface area contributed by atoms with E-state index in [4.69, 9.17) is 50.0 Å². The lowest BCUT2D eigenvalue weighted by atomic mass is 9.99. The quantitative estimate of drug-likeness (QED) is 0.874. The van der Waals surface area contributed by atoms with Crippen molar-refractivity contribution in [2.24, 2.45) is 5.73 Å². The monoisotopic (exact) mass is 343 g/mol. The van der Waals surface area contributed by atoms with Crippen molar-refractivity contribution in [3.05, 3.63) is 56.5 Å². The van der Waals surface area contributed by atoms with Crippen LogP contribution in [-0.2, 0) is 0 Å². The molecule has 0 spiro atoms. The van der Waals surface area contributed by atoms with Crippen LogP contribution in [0.4, 0.5) is 0 Å². The largest absolute Gasteiger partial charge is 0.486 e. The SMILES string of the molecule is NC(c1ccc(Cl)c(Cl)c1)c1cc2c(cc1Cl)OCCO2. The molecule has 0 bridgehead atoms. The van der Waals surface area contributed by atoms with Crippen molar-refractivity contribution in [1.29, 1.82) is 0 Å². The molecule has 0 amide bonds. The zero-order chi connectivity index (χ0) is 15.0. The summed E-state index contributed by atoms with van der Waals surface area (Å²) in [7, 11) is 0. The Morgan fingerprint density at radius 1 is 0.857 bits per heavy atom. The average Bonchev–Trinajstić information content (AvgIpc) is 2.48. The van der Waals surface area contributed by atoms with Crippen molar-refractivity contribution in [3.63, 3.8) is 0 Å². The van der Waals surface area contributed by atoms with Crippen molar-refractivity contribution in [2.75, 3.05) is 13.2 Å². The summed E-state index contributed by atoms with van der Waals surface area (Å²) in [6.45, 7) is 1.03. The minimum Gasteiger partial charge on any atom is -0.486 e. The molecular formula is C15H12Cl3NO2. The van der Waals surface area contributed by atoms with Gasteiger partial charge in [0.2, 0.25) is 0 Å². The zero-order valence-corrected chi connectivity index (χ0v) is 13.2. The van der Waals surface area contributed by atoms with Gasteiger partial charge >= 0.3 is 0 Å². The number of nitrogens with two attached hydrogens (primary N) is 1. The van der Waals surface area contributed by atoms with Crippen LogP contribution in [0.2, 0.25) is 15.1 Å². The van der Waals surface area contributed by atoms with Crippen LogP contribution >= 0.6 is 34.8 Å². The highest BCUT2D eigenvalue weighted by molar-refractivity contribution is 6.42. The normalized spacial score (nSPS) is 14.9. The summed E-state index contributed by atoms with van der Waals surface area (Å²) in [6.07, 6.45) is 0. The first-order chi connectivity index (χ1) is 10.1. The Balaban J connectivity index is 2.00. The van der Waals surface area contributed by atoms with Gasteiger partial charge in [0.15, 0.2) is 11.5 Å². The van der Waals surface area contributed by atoms with E-state index < -0.39 is 6.04 Å². The van der Waals surface area contributed by atoms with E-state index in [9.17, 15) is 0 Å². The number of hydrogen-bond acceptors (Lipinski definition) is 3. The van der Waals surface area contributed by atoms with E-state index >= 15 is 0 Å². The second-order valence-corrected chi connectivity index (χ2v) is 5.89.